The third-order valence-electron chi connectivity index (χ3n) is 9.30. The second-order valence-corrected chi connectivity index (χ2v) is 13.3. The van der Waals surface area contributed by atoms with Crippen LogP contribution in [0, 0.1) is 35.0 Å². The Kier molecular flexibility index (Phi) is 7.80. The van der Waals surface area contributed by atoms with Crippen molar-refractivity contribution in [2.24, 2.45) is 35.0 Å². The Morgan fingerprint density at radius 3 is 2.41 bits per heavy atom. The van der Waals surface area contributed by atoms with Crippen LogP contribution in [-0.4, -0.2) is 62.8 Å². The van der Waals surface area contributed by atoms with Crippen LogP contribution in [-0.2, 0) is 9.59 Å². The number of aliphatic carboxylic acids is 1. The highest BCUT2D eigenvalue weighted by molar-refractivity contribution is 5.96. The van der Waals surface area contributed by atoms with Crippen molar-refractivity contribution >= 4 is 24.0 Å². The minimum Gasteiger partial charge on any atom is -0.480 e. The van der Waals surface area contributed by atoms with Crippen LogP contribution in [0.25, 0.3) is 6.20 Å². The molecular weight excluding hydrogens is 496 g/mol. The summed E-state index contributed by atoms with van der Waals surface area (Å²) < 4.78 is 7.63. The molecule has 1 saturated heterocycles. The fourth-order valence-corrected chi connectivity index (χ4v) is 7.52. The Morgan fingerprint density at radius 2 is 1.79 bits per heavy atom. The maximum absolute atomic E-state index is 13.5. The van der Waals surface area contributed by atoms with Crippen molar-refractivity contribution < 1.29 is 24.2 Å². The molecule has 6 rings (SSSR count). The summed E-state index contributed by atoms with van der Waals surface area (Å²) in [5.41, 5.74) is -0.560. The van der Waals surface area contributed by atoms with Gasteiger partial charge in [0.1, 0.15) is 11.6 Å². The molecule has 1 unspecified atom stereocenters. The lowest BCUT2D eigenvalue weighted by Crippen LogP contribution is -2.55. The average Bonchev–Trinajstić information content (AvgIpc) is 3.30. The van der Waals surface area contributed by atoms with Crippen LogP contribution in [0.4, 0.5) is 0 Å². The molecule has 5 fully saturated rings. The van der Waals surface area contributed by atoms with E-state index in [1.165, 1.54) is 41.7 Å². The highest BCUT2D eigenvalue weighted by atomic mass is 16.5. The number of carboxylic acid groups (broad SMARTS) is 1. The highest BCUT2D eigenvalue weighted by Gasteiger charge is 2.49. The molecule has 4 bridgehead atoms. The molecule has 214 valence electrons. The normalized spacial score (nSPS) is 30.2. The molecule has 2 N–H and O–H groups in total. The molecule has 2 amide bonds. The molecule has 1 aliphatic heterocycles. The molecule has 2 heterocycles. The number of hydrogen-bond acceptors (Lipinski definition) is 5. The number of carbonyl (C=O) groups is 3. The number of ether oxygens (including phenoxy) is 1. The molecule has 1 atom stereocenters. The largest absolute Gasteiger partial charge is 0.480 e. The Hall–Kier alpha value is -2.84. The van der Waals surface area contributed by atoms with Crippen LogP contribution in [0.5, 0.6) is 5.88 Å². The highest BCUT2D eigenvalue weighted by Crippen LogP contribution is 2.53. The number of nitrogens with one attached hydrogen (secondary N) is 1. The number of carboxylic acids is 1. The van der Waals surface area contributed by atoms with Gasteiger partial charge in [-0.15, -0.1) is 0 Å². The van der Waals surface area contributed by atoms with Crippen molar-refractivity contribution in [2.45, 2.75) is 91.1 Å². The van der Waals surface area contributed by atoms with Crippen molar-refractivity contribution in [3.63, 3.8) is 0 Å². The first-order valence-corrected chi connectivity index (χ1v) is 14.8. The fraction of sp³-hybridized carbons (Fsp3) is 0.733. The number of rotatable bonds is 9. The van der Waals surface area contributed by atoms with Gasteiger partial charge in [-0.25, -0.2) is 9.48 Å². The summed E-state index contributed by atoms with van der Waals surface area (Å²) in [5.74, 6) is 2.07. The van der Waals surface area contributed by atoms with Gasteiger partial charge in [0.2, 0.25) is 11.8 Å². The van der Waals surface area contributed by atoms with Crippen LogP contribution in [0.15, 0.2) is 12.3 Å². The predicted octanol–water partition coefficient (Wildman–Crippen LogP) is 4.44. The lowest BCUT2D eigenvalue weighted by molar-refractivity contribution is -0.155. The first-order valence-electron chi connectivity index (χ1n) is 14.8. The van der Waals surface area contributed by atoms with E-state index in [1.807, 2.05) is 13.8 Å². The first kappa shape index (κ1) is 27.7. The van der Waals surface area contributed by atoms with Crippen LogP contribution in [0.3, 0.4) is 0 Å². The maximum atomic E-state index is 13.5. The van der Waals surface area contributed by atoms with Crippen LogP contribution >= 0.6 is 0 Å². The van der Waals surface area contributed by atoms with Crippen molar-refractivity contribution in [3.8, 4) is 5.88 Å². The van der Waals surface area contributed by atoms with Gasteiger partial charge in [-0.1, -0.05) is 19.9 Å². The molecule has 0 spiro atoms. The third kappa shape index (κ3) is 5.73. The van der Waals surface area contributed by atoms with E-state index in [-0.39, 0.29) is 23.8 Å². The Morgan fingerprint density at radius 1 is 1.13 bits per heavy atom. The lowest BCUT2D eigenvalue weighted by atomic mass is 9.54. The molecule has 9 nitrogen and oxygen atoms in total. The van der Waals surface area contributed by atoms with E-state index >= 15 is 0 Å². The van der Waals surface area contributed by atoms with Crippen molar-refractivity contribution in [2.75, 3.05) is 13.2 Å². The summed E-state index contributed by atoms with van der Waals surface area (Å²) in [6, 6.07) is -0.584. The molecule has 0 radical (unpaired) electrons. The lowest BCUT2D eigenvalue weighted by Gasteiger charge is -2.54. The van der Waals surface area contributed by atoms with E-state index in [9.17, 15) is 19.5 Å². The summed E-state index contributed by atoms with van der Waals surface area (Å²) in [5, 5.41) is 17.4. The van der Waals surface area contributed by atoms with E-state index in [0.29, 0.717) is 42.9 Å². The molecule has 4 saturated carbocycles. The van der Waals surface area contributed by atoms with E-state index < -0.39 is 17.4 Å². The van der Waals surface area contributed by atoms with E-state index in [2.05, 4.69) is 10.4 Å². The molecule has 0 aromatic carbocycles. The minimum absolute atomic E-state index is 0.154. The van der Waals surface area contributed by atoms with Crippen LogP contribution in [0.1, 0.15) is 89.4 Å². The number of piperidine rings is 1. The van der Waals surface area contributed by atoms with Crippen LogP contribution < -0.4 is 10.1 Å². The Balaban J connectivity index is 1.34. The van der Waals surface area contributed by atoms with Gasteiger partial charge in [0.25, 0.3) is 5.91 Å². The van der Waals surface area contributed by atoms with E-state index in [0.717, 1.165) is 24.7 Å². The standard InChI is InChI=1S/C30H44N4O5/c1-18(2)17-39-27-23(26(35)32-25-21-12-19-11-20(14-21)15-22(25)13-19)16-31-34(27)10-8-30(3,4)29(38)33-9-6-5-7-24(33)28(36)37/h8,10,16,18-22,24-25H,5-7,9,11-15,17H2,1-4H3,(H,32,35)(H,36,37)/b10-8+. The van der Waals surface area contributed by atoms with Gasteiger partial charge in [0.05, 0.1) is 18.2 Å². The van der Waals surface area contributed by atoms with Crippen molar-refractivity contribution in [1.82, 2.24) is 20.0 Å². The zero-order chi connectivity index (χ0) is 27.9. The van der Waals surface area contributed by atoms with Gasteiger partial charge < -0.3 is 20.1 Å². The molecular formula is C30H44N4O5. The zero-order valence-corrected chi connectivity index (χ0v) is 23.8. The monoisotopic (exact) mass is 540 g/mol. The third-order valence-corrected chi connectivity index (χ3v) is 9.30. The number of nitrogens with zero attached hydrogens (tertiary/aromatic N) is 3. The van der Waals surface area contributed by atoms with Gasteiger partial charge in [0.15, 0.2) is 0 Å². The number of carbonyl (C=O) groups excluding carboxylic acids is 2. The van der Waals surface area contributed by atoms with Gasteiger partial charge in [-0.3, -0.25) is 9.59 Å². The summed E-state index contributed by atoms with van der Waals surface area (Å²) in [6.07, 6.45) is 13.2. The second kappa shape index (κ2) is 11.0. The molecule has 5 aliphatic rings. The minimum atomic E-state index is -0.964. The number of likely N-dealkylation sites (tertiary alicyclic amines) is 1. The fourth-order valence-electron chi connectivity index (χ4n) is 7.52. The molecule has 1 aromatic heterocycles. The van der Waals surface area contributed by atoms with Gasteiger partial charge in [-0.05, 0) is 94.8 Å². The summed E-state index contributed by atoms with van der Waals surface area (Å²) >= 11 is 0. The quantitative estimate of drug-likeness (QED) is 0.479. The Bertz CT molecular complexity index is 1090. The predicted molar refractivity (Wildman–Crippen MR) is 147 cm³/mol. The number of hydrogen-bond donors (Lipinski definition) is 2. The van der Waals surface area contributed by atoms with E-state index in [4.69, 9.17) is 4.74 Å². The van der Waals surface area contributed by atoms with Crippen molar-refractivity contribution in [3.05, 3.63) is 17.8 Å². The van der Waals surface area contributed by atoms with Gasteiger partial charge >= 0.3 is 5.97 Å². The van der Waals surface area contributed by atoms with E-state index in [1.54, 1.807) is 32.3 Å². The summed E-state index contributed by atoms with van der Waals surface area (Å²) in [6.45, 7) is 8.50. The van der Waals surface area contributed by atoms with Crippen molar-refractivity contribution in [1.29, 1.82) is 0 Å². The summed E-state index contributed by atoms with van der Waals surface area (Å²) in [4.78, 5) is 40.2. The molecule has 4 aliphatic carbocycles. The molecule has 39 heavy (non-hydrogen) atoms. The molecule has 9 heteroatoms. The average molecular weight is 541 g/mol. The number of aromatic nitrogens is 2. The van der Waals surface area contributed by atoms with Gasteiger partial charge in [-0.2, -0.15) is 5.10 Å². The maximum Gasteiger partial charge on any atom is 0.326 e. The first-order chi connectivity index (χ1) is 18.5. The SMILES string of the molecule is CC(C)COc1c(C(=O)NC2C3CC4CC(C3)CC2C4)cnn1/C=C/C(C)(C)C(=O)N1CCCCC1C(=O)O. The second-order valence-electron chi connectivity index (χ2n) is 13.3. The van der Waals surface area contributed by atoms with Gasteiger partial charge in [0, 0.05) is 18.8 Å². The summed E-state index contributed by atoms with van der Waals surface area (Å²) in [7, 11) is 0. The molecule has 1 aromatic rings. The Labute approximate surface area is 231 Å². The topological polar surface area (TPSA) is 114 Å². The van der Waals surface area contributed by atoms with Crippen LogP contribution in [0.2, 0.25) is 0 Å². The zero-order valence-electron chi connectivity index (χ0n) is 23.8. The number of amides is 2. The smallest absolute Gasteiger partial charge is 0.326 e.